The summed E-state index contributed by atoms with van der Waals surface area (Å²) in [5.41, 5.74) is 8.00. The third-order valence-electron chi connectivity index (χ3n) is 7.38. The molecule has 4 aromatic rings. The van der Waals surface area contributed by atoms with E-state index in [0.717, 1.165) is 6.07 Å². The van der Waals surface area contributed by atoms with Gasteiger partial charge in [0.2, 0.25) is 5.91 Å². The standard InChI is InChI=1S/C31H25F3N4O6/c1-30(29(35)40,16-17-4-3-5-21(12-17)44-31(32,33)34)20-8-10-23-25(15-20)37-28(39)22-9-6-18(13-24(22)36-23)19-7-11-26(38(41)42)27(14-19)43-2/h3-15,36H,16H2,1-2H3,(H2,35,40)(H,37,39). The van der Waals surface area contributed by atoms with E-state index >= 15 is 0 Å². The van der Waals surface area contributed by atoms with Gasteiger partial charge in [0, 0.05) is 6.07 Å². The number of nitrogens with two attached hydrogens (primary N) is 1. The van der Waals surface area contributed by atoms with Crippen LogP contribution in [0.2, 0.25) is 0 Å². The van der Waals surface area contributed by atoms with E-state index in [1.165, 1.54) is 31.4 Å². The molecule has 0 aromatic heterocycles. The monoisotopic (exact) mass is 606 g/mol. The molecule has 44 heavy (non-hydrogen) atoms. The molecule has 1 atom stereocenters. The summed E-state index contributed by atoms with van der Waals surface area (Å²) in [6.07, 6.45) is -4.92. The Morgan fingerprint density at radius 2 is 1.66 bits per heavy atom. The molecule has 1 aliphatic heterocycles. The number of methoxy groups -OCH3 is 1. The number of nitro groups is 1. The average molecular weight is 607 g/mol. The third-order valence-corrected chi connectivity index (χ3v) is 7.38. The number of benzene rings is 4. The quantitative estimate of drug-likeness (QED) is 0.154. The van der Waals surface area contributed by atoms with Gasteiger partial charge >= 0.3 is 12.0 Å². The minimum absolute atomic E-state index is 0.0418. The number of anilines is 3. The maximum Gasteiger partial charge on any atom is 0.573 e. The van der Waals surface area contributed by atoms with Crippen molar-refractivity contribution in [1.29, 1.82) is 0 Å². The maximum absolute atomic E-state index is 13.2. The van der Waals surface area contributed by atoms with Gasteiger partial charge in [-0.3, -0.25) is 19.7 Å². The first-order chi connectivity index (χ1) is 20.8. The molecule has 0 radical (unpaired) electrons. The SMILES string of the molecule is COc1cc(-c2ccc3c(c2)Nc2ccc(C(C)(Cc4cccc(OC(F)(F)F)c4)C(N)=O)cc2NC3=O)ccc1[N+](=O)[O-]. The van der Waals surface area contributed by atoms with E-state index in [2.05, 4.69) is 15.4 Å². The molecule has 1 unspecified atom stereocenters. The number of halogens is 3. The van der Waals surface area contributed by atoms with Gasteiger partial charge in [-0.25, -0.2) is 0 Å². The molecule has 0 saturated heterocycles. The van der Waals surface area contributed by atoms with Crippen molar-refractivity contribution < 1.29 is 37.2 Å². The molecule has 1 heterocycles. The van der Waals surface area contributed by atoms with Gasteiger partial charge in [-0.05, 0) is 84.1 Å². The Balaban J connectivity index is 1.47. The number of carbonyl (C=O) groups is 2. The minimum atomic E-state index is -4.87. The van der Waals surface area contributed by atoms with Crippen molar-refractivity contribution in [3.05, 3.63) is 106 Å². The molecule has 5 rings (SSSR count). The van der Waals surface area contributed by atoms with Crippen LogP contribution >= 0.6 is 0 Å². The topological polar surface area (TPSA) is 146 Å². The van der Waals surface area contributed by atoms with Crippen LogP contribution in [0, 0.1) is 10.1 Å². The fraction of sp³-hybridized carbons (Fsp3) is 0.161. The Kier molecular flexibility index (Phi) is 7.64. The fourth-order valence-corrected chi connectivity index (χ4v) is 5.06. The van der Waals surface area contributed by atoms with Gasteiger partial charge in [0.25, 0.3) is 5.91 Å². The molecular formula is C31H25F3N4O6. The van der Waals surface area contributed by atoms with E-state index in [9.17, 15) is 32.9 Å². The van der Waals surface area contributed by atoms with Gasteiger partial charge in [-0.2, -0.15) is 0 Å². The van der Waals surface area contributed by atoms with E-state index in [-0.39, 0.29) is 17.9 Å². The lowest BCUT2D eigenvalue weighted by Gasteiger charge is -2.28. The predicted molar refractivity (Wildman–Crippen MR) is 156 cm³/mol. The number of rotatable bonds is 8. The summed E-state index contributed by atoms with van der Waals surface area (Å²) in [6, 6.07) is 19.7. The largest absolute Gasteiger partial charge is 0.573 e. The Morgan fingerprint density at radius 3 is 2.34 bits per heavy atom. The zero-order valence-corrected chi connectivity index (χ0v) is 23.3. The summed E-state index contributed by atoms with van der Waals surface area (Å²) >= 11 is 0. The summed E-state index contributed by atoms with van der Waals surface area (Å²) in [5, 5.41) is 17.3. The molecule has 1 aliphatic rings. The lowest BCUT2D eigenvalue weighted by Crippen LogP contribution is -2.40. The van der Waals surface area contributed by atoms with Crippen LogP contribution in [0.1, 0.15) is 28.4 Å². The Morgan fingerprint density at radius 1 is 0.932 bits per heavy atom. The van der Waals surface area contributed by atoms with Gasteiger partial charge in [-0.1, -0.05) is 24.3 Å². The first-order valence-electron chi connectivity index (χ1n) is 13.1. The molecule has 2 amide bonds. The smallest absolute Gasteiger partial charge is 0.490 e. The highest BCUT2D eigenvalue weighted by Gasteiger charge is 2.36. The first kappa shape index (κ1) is 29.9. The van der Waals surface area contributed by atoms with Gasteiger partial charge in [0.15, 0.2) is 5.75 Å². The summed E-state index contributed by atoms with van der Waals surface area (Å²) in [6.45, 7) is 1.57. The second-order valence-corrected chi connectivity index (χ2v) is 10.3. The number of nitrogens with zero attached hydrogens (tertiary/aromatic N) is 1. The maximum atomic E-state index is 13.2. The van der Waals surface area contributed by atoms with Crippen LogP contribution < -0.4 is 25.8 Å². The van der Waals surface area contributed by atoms with Gasteiger partial charge in [0.05, 0.1) is 40.1 Å². The Bertz CT molecular complexity index is 1810. The van der Waals surface area contributed by atoms with E-state index in [4.69, 9.17) is 10.5 Å². The van der Waals surface area contributed by atoms with Crippen molar-refractivity contribution in [2.45, 2.75) is 25.1 Å². The van der Waals surface area contributed by atoms with Crippen LogP contribution in [0.4, 0.5) is 35.9 Å². The predicted octanol–water partition coefficient (Wildman–Crippen LogP) is 6.46. The molecule has 0 spiro atoms. The lowest BCUT2D eigenvalue weighted by atomic mass is 9.76. The molecule has 10 nitrogen and oxygen atoms in total. The van der Waals surface area contributed by atoms with E-state index < -0.39 is 34.3 Å². The van der Waals surface area contributed by atoms with Crippen LogP contribution in [-0.2, 0) is 16.6 Å². The third kappa shape index (κ3) is 5.98. The Labute approximate surface area is 248 Å². The summed E-state index contributed by atoms with van der Waals surface area (Å²) < 4.78 is 47.4. The lowest BCUT2D eigenvalue weighted by molar-refractivity contribution is -0.385. The molecule has 0 bridgehead atoms. The van der Waals surface area contributed by atoms with Gasteiger partial charge in [-0.15, -0.1) is 13.2 Å². The number of nitro benzene ring substituents is 1. The number of nitrogens with one attached hydrogen (secondary N) is 2. The number of fused-ring (bicyclic) bond motifs is 2. The van der Waals surface area contributed by atoms with Crippen molar-refractivity contribution in [3.8, 4) is 22.6 Å². The van der Waals surface area contributed by atoms with E-state index in [1.807, 2.05) is 0 Å². The van der Waals surface area contributed by atoms with Crippen LogP contribution in [0.15, 0.2) is 78.9 Å². The van der Waals surface area contributed by atoms with Crippen LogP contribution in [-0.4, -0.2) is 30.2 Å². The zero-order valence-electron chi connectivity index (χ0n) is 23.3. The number of ether oxygens (including phenoxy) is 2. The van der Waals surface area contributed by atoms with Crippen molar-refractivity contribution in [2.75, 3.05) is 17.7 Å². The molecule has 0 aliphatic carbocycles. The molecule has 0 fully saturated rings. The normalized spacial score (nSPS) is 13.7. The summed E-state index contributed by atoms with van der Waals surface area (Å²) in [7, 11) is 1.34. The average Bonchev–Trinajstić information content (AvgIpc) is 3.10. The van der Waals surface area contributed by atoms with Gasteiger partial charge in [0.1, 0.15) is 5.75 Å². The van der Waals surface area contributed by atoms with Crippen molar-refractivity contribution in [3.63, 3.8) is 0 Å². The zero-order chi connectivity index (χ0) is 31.8. The second-order valence-electron chi connectivity index (χ2n) is 10.3. The molecule has 4 N–H and O–H groups in total. The Hall–Kier alpha value is -5.59. The molecule has 0 saturated carbocycles. The number of amides is 2. The number of carbonyl (C=O) groups excluding carboxylic acids is 2. The molecule has 4 aromatic carbocycles. The van der Waals surface area contributed by atoms with Gasteiger partial charge < -0.3 is 25.8 Å². The molecule has 226 valence electrons. The van der Waals surface area contributed by atoms with Crippen LogP contribution in [0.5, 0.6) is 11.5 Å². The highest BCUT2D eigenvalue weighted by Crippen LogP contribution is 2.40. The van der Waals surface area contributed by atoms with Crippen molar-refractivity contribution >= 4 is 34.6 Å². The number of primary amides is 1. The summed E-state index contributed by atoms with van der Waals surface area (Å²) in [4.78, 5) is 36.7. The van der Waals surface area contributed by atoms with E-state index in [1.54, 1.807) is 55.5 Å². The van der Waals surface area contributed by atoms with Crippen molar-refractivity contribution in [1.82, 2.24) is 0 Å². The van der Waals surface area contributed by atoms with Crippen LogP contribution in [0.25, 0.3) is 11.1 Å². The number of hydrogen-bond acceptors (Lipinski definition) is 7. The highest BCUT2D eigenvalue weighted by molar-refractivity contribution is 6.12. The molecular weight excluding hydrogens is 581 g/mol. The fourth-order valence-electron chi connectivity index (χ4n) is 5.06. The van der Waals surface area contributed by atoms with Crippen LogP contribution in [0.3, 0.4) is 0 Å². The number of alkyl halides is 3. The van der Waals surface area contributed by atoms with E-state index in [0.29, 0.717) is 44.9 Å². The molecule has 13 heteroatoms. The highest BCUT2D eigenvalue weighted by atomic mass is 19.4. The number of hydrogen-bond donors (Lipinski definition) is 3. The minimum Gasteiger partial charge on any atom is -0.490 e. The summed E-state index contributed by atoms with van der Waals surface area (Å²) in [5.74, 6) is -1.50. The second kappa shape index (κ2) is 11.2. The van der Waals surface area contributed by atoms with Crippen molar-refractivity contribution in [2.24, 2.45) is 5.73 Å². The first-order valence-corrected chi connectivity index (χ1v) is 13.1.